The Morgan fingerprint density at radius 2 is 2.00 bits per heavy atom. The van der Waals surface area contributed by atoms with Gasteiger partial charge in [0.15, 0.2) is 0 Å². The third-order valence-corrected chi connectivity index (χ3v) is 5.27. The Bertz CT molecular complexity index is 886. The van der Waals surface area contributed by atoms with E-state index >= 15 is 0 Å². The van der Waals surface area contributed by atoms with Crippen LogP contribution in [0.1, 0.15) is 46.8 Å². The molecular weight excluding hydrogens is 348 g/mol. The van der Waals surface area contributed by atoms with Crippen molar-refractivity contribution in [3.8, 4) is 5.75 Å². The van der Waals surface area contributed by atoms with Crippen LogP contribution in [0.5, 0.6) is 5.75 Å². The summed E-state index contributed by atoms with van der Waals surface area (Å²) in [5.74, 6) is -0.158. The second kappa shape index (κ2) is 6.94. The van der Waals surface area contributed by atoms with Gasteiger partial charge in [-0.15, -0.1) is 0 Å². The van der Waals surface area contributed by atoms with Crippen LogP contribution >= 0.6 is 0 Å². The molecule has 1 fully saturated rings. The van der Waals surface area contributed by atoms with E-state index in [-0.39, 0.29) is 23.9 Å². The Balaban J connectivity index is 1.83. The van der Waals surface area contributed by atoms with Crippen LogP contribution < -0.4 is 15.0 Å². The summed E-state index contributed by atoms with van der Waals surface area (Å²) in [6, 6.07) is 3.93. The number of aromatic nitrogens is 2. The van der Waals surface area contributed by atoms with Gasteiger partial charge in [-0.2, -0.15) is 5.10 Å². The fourth-order valence-electron chi connectivity index (χ4n) is 3.95. The molecule has 1 aromatic heterocycles. The molecule has 2 aliphatic heterocycles. The summed E-state index contributed by atoms with van der Waals surface area (Å²) in [4.78, 5) is 26.7. The van der Waals surface area contributed by atoms with E-state index in [2.05, 4.69) is 26.5 Å². The standard InChI is InChI=1S/C19H22N4O4/c1-26-16-9-14-12(7-15(16)23-5-3-4-6-23)11(8-17(24)21-14)13-10-20-22-18(13)19(25)27-2/h7,9-11H,3-6,8H2,1-2H3,(H,20,22)(H,21,24). The van der Waals surface area contributed by atoms with Crippen molar-refractivity contribution < 1.29 is 19.1 Å². The van der Waals surface area contributed by atoms with Crippen LogP contribution in [0.3, 0.4) is 0 Å². The summed E-state index contributed by atoms with van der Waals surface area (Å²) in [7, 11) is 2.96. The number of benzene rings is 1. The van der Waals surface area contributed by atoms with Crippen LogP contribution in [0.15, 0.2) is 18.3 Å². The molecule has 3 heterocycles. The van der Waals surface area contributed by atoms with Crippen molar-refractivity contribution in [3.63, 3.8) is 0 Å². The second-order valence-corrected chi connectivity index (χ2v) is 6.80. The van der Waals surface area contributed by atoms with E-state index in [0.29, 0.717) is 11.3 Å². The molecule has 0 spiro atoms. The Kier molecular flexibility index (Phi) is 4.47. The number of esters is 1. The van der Waals surface area contributed by atoms with Gasteiger partial charge in [-0.05, 0) is 24.5 Å². The molecule has 0 bridgehead atoms. The highest BCUT2D eigenvalue weighted by molar-refractivity contribution is 5.97. The van der Waals surface area contributed by atoms with Gasteiger partial charge in [-0.1, -0.05) is 0 Å². The summed E-state index contributed by atoms with van der Waals surface area (Å²) in [6.45, 7) is 1.95. The molecule has 0 radical (unpaired) electrons. The van der Waals surface area contributed by atoms with E-state index in [1.165, 1.54) is 7.11 Å². The topological polar surface area (TPSA) is 96.6 Å². The van der Waals surface area contributed by atoms with Gasteiger partial charge in [0.2, 0.25) is 5.91 Å². The number of hydrogen-bond donors (Lipinski definition) is 2. The van der Waals surface area contributed by atoms with Gasteiger partial charge in [0, 0.05) is 42.7 Å². The molecule has 8 nitrogen and oxygen atoms in total. The molecule has 2 N–H and O–H groups in total. The molecule has 27 heavy (non-hydrogen) atoms. The zero-order valence-corrected chi connectivity index (χ0v) is 15.4. The molecule has 1 amide bonds. The number of ether oxygens (including phenoxy) is 2. The van der Waals surface area contributed by atoms with E-state index in [4.69, 9.17) is 9.47 Å². The average molecular weight is 370 g/mol. The van der Waals surface area contributed by atoms with Crippen molar-refractivity contribution in [2.24, 2.45) is 0 Å². The Morgan fingerprint density at radius 1 is 1.22 bits per heavy atom. The van der Waals surface area contributed by atoms with Crippen molar-refractivity contribution in [2.45, 2.75) is 25.2 Å². The molecule has 8 heteroatoms. The van der Waals surface area contributed by atoms with Crippen molar-refractivity contribution in [1.82, 2.24) is 10.2 Å². The minimum atomic E-state index is -0.497. The highest BCUT2D eigenvalue weighted by Crippen LogP contribution is 2.44. The maximum atomic E-state index is 12.3. The lowest BCUT2D eigenvalue weighted by Gasteiger charge is -2.29. The number of aromatic amines is 1. The predicted molar refractivity (Wildman–Crippen MR) is 99.5 cm³/mol. The van der Waals surface area contributed by atoms with Crippen LogP contribution in [0.25, 0.3) is 0 Å². The molecule has 2 aromatic rings. The van der Waals surface area contributed by atoms with Gasteiger partial charge in [0.1, 0.15) is 11.4 Å². The Hall–Kier alpha value is -3.03. The lowest BCUT2D eigenvalue weighted by Crippen LogP contribution is -2.26. The van der Waals surface area contributed by atoms with Crippen molar-refractivity contribution in [2.75, 3.05) is 37.5 Å². The summed E-state index contributed by atoms with van der Waals surface area (Å²) in [5, 5.41) is 9.63. The highest BCUT2D eigenvalue weighted by Gasteiger charge is 2.33. The maximum Gasteiger partial charge on any atom is 0.356 e. The number of nitrogens with one attached hydrogen (secondary N) is 2. The minimum absolute atomic E-state index is 0.111. The minimum Gasteiger partial charge on any atom is -0.495 e. The number of carbonyl (C=O) groups excluding carboxylic acids is 2. The number of anilines is 2. The average Bonchev–Trinajstić information content (AvgIpc) is 3.37. The van der Waals surface area contributed by atoms with Gasteiger partial charge in [-0.25, -0.2) is 4.79 Å². The third kappa shape index (κ3) is 3.01. The number of methoxy groups -OCH3 is 2. The quantitative estimate of drug-likeness (QED) is 0.802. The normalized spacial score (nSPS) is 18.8. The zero-order chi connectivity index (χ0) is 19.0. The number of rotatable bonds is 4. The van der Waals surface area contributed by atoms with Crippen LogP contribution in [-0.2, 0) is 9.53 Å². The number of fused-ring (bicyclic) bond motifs is 1. The highest BCUT2D eigenvalue weighted by atomic mass is 16.5. The smallest absolute Gasteiger partial charge is 0.356 e. The first kappa shape index (κ1) is 17.4. The fraction of sp³-hybridized carbons (Fsp3) is 0.421. The number of nitrogens with zero attached hydrogens (tertiary/aromatic N) is 2. The van der Waals surface area contributed by atoms with Crippen molar-refractivity contribution in [1.29, 1.82) is 0 Å². The predicted octanol–water partition coefficient (Wildman–Crippen LogP) is 2.28. The molecule has 2 aliphatic rings. The molecule has 1 unspecified atom stereocenters. The summed E-state index contributed by atoms with van der Waals surface area (Å²) >= 11 is 0. The van der Waals surface area contributed by atoms with Crippen LogP contribution in [0, 0.1) is 0 Å². The molecular formula is C19H22N4O4. The Morgan fingerprint density at radius 3 is 2.70 bits per heavy atom. The van der Waals surface area contributed by atoms with Gasteiger partial charge in [0.25, 0.3) is 0 Å². The first-order chi connectivity index (χ1) is 13.1. The third-order valence-electron chi connectivity index (χ3n) is 5.27. The largest absolute Gasteiger partial charge is 0.495 e. The lowest BCUT2D eigenvalue weighted by molar-refractivity contribution is -0.116. The summed E-state index contributed by atoms with van der Waals surface area (Å²) < 4.78 is 10.4. The molecule has 4 rings (SSSR count). The summed E-state index contributed by atoms with van der Waals surface area (Å²) in [6.07, 6.45) is 4.13. The van der Waals surface area contributed by atoms with Crippen molar-refractivity contribution in [3.05, 3.63) is 35.2 Å². The van der Waals surface area contributed by atoms with Crippen LogP contribution in [0.4, 0.5) is 11.4 Å². The van der Waals surface area contributed by atoms with Gasteiger partial charge >= 0.3 is 5.97 Å². The lowest BCUT2D eigenvalue weighted by atomic mass is 9.84. The fourth-order valence-corrected chi connectivity index (χ4v) is 3.95. The molecule has 1 atom stereocenters. The molecule has 0 aliphatic carbocycles. The Labute approximate surface area is 156 Å². The number of hydrogen-bond acceptors (Lipinski definition) is 6. The van der Waals surface area contributed by atoms with E-state index in [0.717, 1.165) is 42.9 Å². The maximum absolute atomic E-state index is 12.3. The first-order valence-corrected chi connectivity index (χ1v) is 9.00. The monoisotopic (exact) mass is 370 g/mol. The molecule has 0 saturated carbocycles. The van der Waals surface area contributed by atoms with Crippen molar-refractivity contribution >= 4 is 23.3 Å². The van der Waals surface area contributed by atoms with Crippen LogP contribution in [-0.4, -0.2) is 49.4 Å². The van der Waals surface area contributed by atoms with Gasteiger partial charge < -0.3 is 19.7 Å². The number of amides is 1. The molecule has 1 saturated heterocycles. The zero-order valence-electron chi connectivity index (χ0n) is 15.4. The second-order valence-electron chi connectivity index (χ2n) is 6.80. The van der Waals surface area contributed by atoms with E-state index in [1.807, 2.05) is 6.07 Å². The molecule has 1 aromatic carbocycles. The first-order valence-electron chi connectivity index (χ1n) is 9.00. The SMILES string of the molecule is COC(=O)c1[nH]ncc1C1CC(=O)Nc2cc(OC)c(N3CCCC3)cc21. The van der Waals surface area contributed by atoms with Crippen LogP contribution in [0.2, 0.25) is 0 Å². The number of carbonyl (C=O) groups is 2. The van der Waals surface area contributed by atoms with E-state index < -0.39 is 5.97 Å². The summed E-state index contributed by atoms with van der Waals surface area (Å²) in [5.41, 5.74) is 3.60. The van der Waals surface area contributed by atoms with Gasteiger partial charge in [-0.3, -0.25) is 9.89 Å². The van der Waals surface area contributed by atoms with E-state index in [9.17, 15) is 9.59 Å². The number of H-pyrrole nitrogens is 1. The van der Waals surface area contributed by atoms with Gasteiger partial charge in [0.05, 0.1) is 26.1 Å². The molecule has 142 valence electrons. The van der Waals surface area contributed by atoms with E-state index in [1.54, 1.807) is 13.3 Å².